The molecule has 0 spiro atoms. The summed E-state index contributed by atoms with van der Waals surface area (Å²) in [7, 11) is 0. The maximum atomic E-state index is 11.0. The van der Waals surface area contributed by atoms with Crippen LogP contribution in [0, 0.1) is 11.3 Å². The normalized spacial score (nSPS) is 12.8. The van der Waals surface area contributed by atoms with Crippen molar-refractivity contribution in [2.24, 2.45) is 0 Å². The number of aromatic nitrogens is 6. The molecule has 172 valence electrons. The van der Waals surface area contributed by atoms with E-state index in [1.54, 1.807) is 12.4 Å². The summed E-state index contributed by atoms with van der Waals surface area (Å²) in [5, 5.41) is 29.8. The van der Waals surface area contributed by atoms with Gasteiger partial charge in [-0.15, -0.1) is 10.2 Å². The van der Waals surface area contributed by atoms with Crippen molar-refractivity contribution in [2.75, 3.05) is 0 Å². The van der Waals surface area contributed by atoms with Crippen LogP contribution in [0.4, 0.5) is 0 Å². The lowest BCUT2D eigenvalue weighted by Crippen LogP contribution is -2.09. The fourth-order valence-corrected chi connectivity index (χ4v) is 4.62. The second-order valence-electron chi connectivity index (χ2n) is 7.85. The number of aliphatic hydroxyl groups is 1. The van der Waals surface area contributed by atoms with Gasteiger partial charge >= 0.3 is 0 Å². The van der Waals surface area contributed by atoms with Crippen LogP contribution in [-0.4, -0.2) is 40.1 Å². The van der Waals surface area contributed by atoms with E-state index in [-0.39, 0.29) is 11.3 Å². The molecule has 0 amide bonds. The molecule has 0 aliphatic rings. The van der Waals surface area contributed by atoms with Gasteiger partial charge in [-0.05, 0) is 36.8 Å². The van der Waals surface area contributed by atoms with Crippen LogP contribution >= 0.6 is 11.8 Å². The molecule has 0 radical (unpaired) electrons. The maximum Gasteiger partial charge on any atom is 0.192 e. The Bertz CT molecular complexity index is 1500. The highest BCUT2D eigenvalue weighted by molar-refractivity contribution is 7.99. The summed E-state index contributed by atoms with van der Waals surface area (Å²) in [4.78, 5) is 11.8. The number of fused-ring (bicyclic) bond motifs is 1. The summed E-state index contributed by atoms with van der Waals surface area (Å²) in [6, 6.07) is 23.4. The van der Waals surface area contributed by atoms with Crippen molar-refractivity contribution in [1.82, 2.24) is 29.7 Å². The van der Waals surface area contributed by atoms with Crippen LogP contribution < -0.4 is 0 Å². The van der Waals surface area contributed by atoms with E-state index >= 15 is 0 Å². The number of benzene rings is 2. The lowest BCUT2D eigenvalue weighted by Gasteiger charge is -2.14. The van der Waals surface area contributed by atoms with E-state index in [4.69, 9.17) is 0 Å². The molecule has 3 heterocycles. The summed E-state index contributed by atoms with van der Waals surface area (Å²) in [5.41, 5.74) is 3.56. The van der Waals surface area contributed by atoms with Crippen LogP contribution in [0.2, 0.25) is 0 Å². The molecule has 5 aromatic rings. The number of nitrogens with zero attached hydrogens (tertiary/aromatic N) is 6. The van der Waals surface area contributed by atoms with Gasteiger partial charge in [-0.1, -0.05) is 54.2 Å². The van der Waals surface area contributed by atoms with Gasteiger partial charge in [0.05, 0.1) is 22.8 Å². The topological polar surface area (TPSA) is 116 Å². The number of para-hydroxylation sites is 2. The molecule has 0 saturated carbocycles. The molecule has 5 rings (SSSR count). The van der Waals surface area contributed by atoms with Gasteiger partial charge in [0.1, 0.15) is 17.4 Å². The Hall–Kier alpha value is -4.42. The van der Waals surface area contributed by atoms with Crippen molar-refractivity contribution >= 4 is 28.4 Å². The Labute approximate surface area is 206 Å². The highest BCUT2D eigenvalue weighted by atomic mass is 32.2. The predicted octanol–water partition coefficient (Wildman–Crippen LogP) is 5.24. The number of aromatic amines is 1. The molecule has 0 fully saturated rings. The Balaban J connectivity index is 1.50. The first-order valence-electron chi connectivity index (χ1n) is 11.0. The first kappa shape index (κ1) is 22.4. The molecule has 8 nitrogen and oxygen atoms in total. The van der Waals surface area contributed by atoms with E-state index < -0.39 is 5.25 Å². The number of H-pyrrole nitrogens is 1. The molecule has 0 aliphatic heterocycles. The Morgan fingerprint density at radius 3 is 2.63 bits per heavy atom. The number of aliphatic hydroxyl groups excluding tert-OH is 1. The van der Waals surface area contributed by atoms with Crippen molar-refractivity contribution in [3.8, 4) is 17.5 Å². The highest BCUT2D eigenvalue weighted by Crippen LogP contribution is 2.32. The zero-order valence-electron chi connectivity index (χ0n) is 18.8. The molecule has 35 heavy (non-hydrogen) atoms. The number of imidazole rings is 1. The van der Waals surface area contributed by atoms with Gasteiger partial charge in [0.15, 0.2) is 16.8 Å². The minimum absolute atomic E-state index is 0.0752. The number of nitrogens with one attached hydrogen (secondary N) is 1. The van der Waals surface area contributed by atoms with Gasteiger partial charge in [0.2, 0.25) is 0 Å². The van der Waals surface area contributed by atoms with Crippen LogP contribution in [0.3, 0.4) is 0 Å². The SMILES string of the molecule is CC(Sc1nnc(-c2cccnc2)n1Cc1ccccc1)/C(O)=C(\C#N)c1nc2ccccc2[nH]1. The third kappa shape index (κ3) is 4.65. The summed E-state index contributed by atoms with van der Waals surface area (Å²) in [5.74, 6) is 0.937. The minimum atomic E-state index is -0.474. The average Bonchev–Trinajstić information content (AvgIpc) is 3.49. The van der Waals surface area contributed by atoms with Gasteiger partial charge < -0.3 is 10.1 Å². The fourth-order valence-electron chi connectivity index (χ4n) is 3.71. The van der Waals surface area contributed by atoms with Crippen LogP contribution in [-0.2, 0) is 6.54 Å². The standard InChI is InChI=1S/C26H21N7OS/c1-17(23(34)20(14-27)24-29-21-11-5-6-12-22(21)30-24)35-26-32-31-25(19-10-7-13-28-15-19)33(26)16-18-8-3-2-4-9-18/h2-13,15,17,34H,16H2,1H3,(H,29,30)/b23-20-. The van der Waals surface area contributed by atoms with Gasteiger partial charge in [-0.25, -0.2) is 4.98 Å². The summed E-state index contributed by atoms with van der Waals surface area (Å²) >= 11 is 1.33. The molecule has 9 heteroatoms. The molecule has 0 aliphatic carbocycles. The predicted molar refractivity (Wildman–Crippen MR) is 135 cm³/mol. The smallest absolute Gasteiger partial charge is 0.192 e. The molecule has 3 aromatic heterocycles. The summed E-state index contributed by atoms with van der Waals surface area (Å²) in [6.45, 7) is 2.37. The minimum Gasteiger partial charge on any atom is -0.510 e. The molecule has 2 N–H and O–H groups in total. The van der Waals surface area contributed by atoms with E-state index in [0.717, 1.165) is 22.2 Å². The fraction of sp³-hybridized carbons (Fsp3) is 0.115. The average molecular weight is 480 g/mol. The number of pyridine rings is 1. The van der Waals surface area contributed by atoms with Crippen molar-refractivity contribution < 1.29 is 5.11 Å². The molecule has 2 aromatic carbocycles. The maximum absolute atomic E-state index is 11.0. The molecular formula is C26H21N7OS. The summed E-state index contributed by atoms with van der Waals surface area (Å²) < 4.78 is 1.99. The molecular weight excluding hydrogens is 458 g/mol. The van der Waals surface area contributed by atoms with Gasteiger partial charge in [0.25, 0.3) is 0 Å². The third-order valence-corrected chi connectivity index (χ3v) is 6.57. The molecule has 0 bridgehead atoms. The van der Waals surface area contributed by atoms with Crippen LogP contribution in [0.25, 0.3) is 28.0 Å². The lowest BCUT2D eigenvalue weighted by molar-refractivity contribution is 0.401. The van der Waals surface area contributed by atoms with Crippen molar-refractivity contribution in [2.45, 2.75) is 23.9 Å². The molecule has 1 unspecified atom stereocenters. The van der Waals surface area contributed by atoms with Crippen molar-refractivity contribution in [1.29, 1.82) is 5.26 Å². The van der Waals surface area contributed by atoms with Crippen molar-refractivity contribution in [3.05, 3.63) is 96.3 Å². The quantitative estimate of drug-likeness (QED) is 0.186. The second-order valence-corrected chi connectivity index (χ2v) is 9.16. The second kappa shape index (κ2) is 9.83. The Morgan fingerprint density at radius 1 is 1.09 bits per heavy atom. The number of rotatable bonds is 7. The van der Waals surface area contributed by atoms with Gasteiger partial charge in [-0.3, -0.25) is 9.55 Å². The zero-order valence-corrected chi connectivity index (χ0v) is 19.6. The van der Waals surface area contributed by atoms with E-state index in [0.29, 0.717) is 23.4 Å². The van der Waals surface area contributed by atoms with Crippen LogP contribution in [0.15, 0.2) is 90.0 Å². The number of allylic oxidation sites excluding steroid dienone is 1. The van der Waals surface area contributed by atoms with E-state index in [9.17, 15) is 10.4 Å². The zero-order chi connectivity index (χ0) is 24.2. The Morgan fingerprint density at radius 2 is 1.89 bits per heavy atom. The molecule has 0 saturated heterocycles. The first-order chi connectivity index (χ1) is 17.1. The third-order valence-electron chi connectivity index (χ3n) is 5.48. The number of nitriles is 1. The largest absolute Gasteiger partial charge is 0.510 e. The lowest BCUT2D eigenvalue weighted by atomic mass is 10.2. The van der Waals surface area contributed by atoms with E-state index in [1.165, 1.54) is 11.8 Å². The Kier molecular flexibility index (Phi) is 6.28. The van der Waals surface area contributed by atoms with Gasteiger partial charge in [-0.2, -0.15) is 5.26 Å². The van der Waals surface area contributed by atoms with Crippen molar-refractivity contribution in [3.63, 3.8) is 0 Å². The number of hydrogen-bond acceptors (Lipinski definition) is 7. The number of thioether (sulfide) groups is 1. The molecule has 1 atom stereocenters. The number of hydrogen-bond donors (Lipinski definition) is 2. The first-order valence-corrected chi connectivity index (χ1v) is 11.8. The van der Waals surface area contributed by atoms with E-state index in [2.05, 4.69) is 31.2 Å². The summed E-state index contributed by atoms with van der Waals surface area (Å²) in [6.07, 6.45) is 3.46. The van der Waals surface area contributed by atoms with Crippen LogP contribution in [0.5, 0.6) is 0 Å². The van der Waals surface area contributed by atoms with E-state index in [1.807, 2.05) is 78.2 Å². The van der Waals surface area contributed by atoms with Gasteiger partial charge in [0, 0.05) is 18.0 Å². The monoisotopic (exact) mass is 479 g/mol. The highest BCUT2D eigenvalue weighted by Gasteiger charge is 2.23. The van der Waals surface area contributed by atoms with Crippen LogP contribution in [0.1, 0.15) is 18.3 Å².